The summed E-state index contributed by atoms with van der Waals surface area (Å²) < 4.78 is 5.59. The Morgan fingerprint density at radius 2 is 1.95 bits per heavy atom. The summed E-state index contributed by atoms with van der Waals surface area (Å²) in [6.07, 6.45) is 0. The molecule has 1 amide bonds. The van der Waals surface area contributed by atoms with E-state index in [1.165, 1.54) is 5.39 Å². The first-order chi connectivity index (χ1) is 9.16. The van der Waals surface area contributed by atoms with E-state index in [1.54, 1.807) is 6.92 Å². The van der Waals surface area contributed by atoms with Crippen LogP contribution in [-0.2, 0) is 4.79 Å². The first kappa shape index (κ1) is 16.3. The minimum Gasteiger partial charge on any atom is -0.492 e. The van der Waals surface area contributed by atoms with Crippen LogP contribution < -0.4 is 15.8 Å². The Bertz CT molecular complexity index is 573. The molecule has 0 aliphatic carbocycles. The molecule has 0 radical (unpaired) electrons. The predicted octanol–water partition coefficient (Wildman–Crippen LogP) is 2.10. The molecule has 20 heavy (non-hydrogen) atoms. The lowest BCUT2D eigenvalue weighted by molar-refractivity contribution is -0.122. The Kier molecular flexibility index (Phi) is 6.28. The van der Waals surface area contributed by atoms with Crippen molar-refractivity contribution in [3.05, 3.63) is 42.5 Å². The monoisotopic (exact) mass is 294 g/mol. The standard InChI is InChI=1S/C15H18N2O2.ClH/c1-11(16)15(18)17-8-9-19-14-7-6-12-4-2-3-5-13(12)10-14;/h2-7,10-11H,8-9,16H2,1H3,(H,17,18);1H. The largest absolute Gasteiger partial charge is 0.492 e. The van der Waals surface area contributed by atoms with Crippen molar-refractivity contribution in [3.8, 4) is 5.75 Å². The van der Waals surface area contributed by atoms with Crippen LogP contribution in [-0.4, -0.2) is 25.1 Å². The number of benzene rings is 2. The first-order valence-corrected chi connectivity index (χ1v) is 6.32. The minimum absolute atomic E-state index is 0. The summed E-state index contributed by atoms with van der Waals surface area (Å²) in [5, 5.41) is 5.02. The molecule has 0 aromatic heterocycles. The Morgan fingerprint density at radius 1 is 1.25 bits per heavy atom. The van der Waals surface area contributed by atoms with Crippen LogP contribution in [0.2, 0.25) is 0 Å². The van der Waals surface area contributed by atoms with Crippen molar-refractivity contribution in [2.24, 2.45) is 5.73 Å². The number of nitrogens with one attached hydrogen (secondary N) is 1. The van der Waals surface area contributed by atoms with Crippen molar-refractivity contribution in [3.63, 3.8) is 0 Å². The molecule has 0 saturated carbocycles. The third kappa shape index (κ3) is 4.40. The van der Waals surface area contributed by atoms with Crippen LogP contribution in [0.15, 0.2) is 42.5 Å². The second kappa shape index (κ2) is 7.72. The normalized spacial score (nSPS) is 11.5. The number of amides is 1. The number of carbonyl (C=O) groups excluding carboxylic acids is 1. The molecule has 2 rings (SSSR count). The van der Waals surface area contributed by atoms with Gasteiger partial charge in [-0.25, -0.2) is 0 Å². The van der Waals surface area contributed by atoms with Gasteiger partial charge in [-0.1, -0.05) is 30.3 Å². The van der Waals surface area contributed by atoms with Crippen LogP contribution in [0, 0.1) is 0 Å². The Hall–Kier alpha value is -1.78. The van der Waals surface area contributed by atoms with E-state index in [2.05, 4.69) is 11.4 Å². The van der Waals surface area contributed by atoms with Crippen molar-refractivity contribution in [2.75, 3.05) is 13.2 Å². The van der Waals surface area contributed by atoms with Crippen molar-refractivity contribution in [2.45, 2.75) is 13.0 Å². The van der Waals surface area contributed by atoms with E-state index in [-0.39, 0.29) is 18.3 Å². The molecule has 0 aliphatic heterocycles. The van der Waals surface area contributed by atoms with Gasteiger partial charge in [0.15, 0.2) is 0 Å². The number of halogens is 1. The van der Waals surface area contributed by atoms with Crippen molar-refractivity contribution < 1.29 is 9.53 Å². The fourth-order valence-corrected chi connectivity index (χ4v) is 1.76. The average Bonchev–Trinajstić information content (AvgIpc) is 2.43. The molecule has 4 nitrogen and oxygen atoms in total. The maximum absolute atomic E-state index is 11.2. The second-order valence-electron chi connectivity index (χ2n) is 4.44. The number of hydrogen-bond donors (Lipinski definition) is 2. The van der Waals surface area contributed by atoms with Gasteiger partial charge in [0.05, 0.1) is 12.6 Å². The zero-order valence-corrected chi connectivity index (χ0v) is 12.2. The topological polar surface area (TPSA) is 64.4 Å². The third-order valence-corrected chi connectivity index (χ3v) is 2.80. The SMILES string of the molecule is CC(N)C(=O)NCCOc1ccc2ccccc2c1.Cl. The minimum atomic E-state index is -0.485. The molecule has 0 spiro atoms. The van der Waals surface area contributed by atoms with Crippen molar-refractivity contribution in [1.82, 2.24) is 5.32 Å². The fourth-order valence-electron chi connectivity index (χ4n) is 1.76. The lowest BCUT2D eigenvalue weighted by Crippen LogP contribution is -2.40. The molecule has 2 aromatic carbocycles. The summed E-state index contributed by atoms with van der Waals surface area (Å²) in [4.78, 5) is 11.2. The van der Waals surface area contributed by atoms with Crippen LogP contribution in [0.1, 0.15) is 6.92 Å². The fraction of sp³-hybridized carbons (Fsp3) is 0.267. The third-order valence-electron chi connectivity index (χ3n) is 2.80. The molecular formula is C15H19ClN2O2. The smallest absolute Gasteiger partial charge is 0.236 e. The lowest BCUT2D eigenvalue weighted by Gasteiger charge is -2.09. The summed E-state index contributed by atoms with van der Waals surface area (Å²) in [6.45, 7) is 2.53. The zero-order chi connectivity index (χ0) is 13.7. The molecular weight excluding hydrogens is 276 g/mol. The van der Waals surface area contributed by atoms with Gasteiger partial charge in [0.25, 0.3) is 0 Å². The van der Waals surface area contributed by atoms with Crippen LogP contribution in [0.5, 0.6) is 5.75 Å². The van der Waals surface area contributed by atoms with Crippen LogP contribution in [0.4, 0.5) is 0 Å². The van der Waals surface area contributed by atoms with Gasteiger partial charge in [-0.3, -0.25) is 4.79 Å². The Balaban J connectivity index is 0.00000200. The van der Waals surface area contributed by atoms with Gasteiger partial charge in [-0.05, 0) is 29.8 Å². The molecule has 0 saturated heterocycles. The first-order valence-electron chi connectivity index (χ1n) is 6.32. The molecule has 0 bridgehead atoms. The molecule has 3 N–H and O–H groups in total. The van der Waals surface area contributed by atoms with Gasteiger partial charge in [-0.15, -0.1) is 12.4 Å². The molecule has 1 unspecified atom stereocenters. The highest BCUT2D eigenvalue weighted by atomic mass is 35.5. The second-order valence-corrected chi connectivity index (χ2v) is 4.44. The van der Waals surface area contributed by atoms with E-state index < -0.39 is 6.04 Å². The molecule has 0 aliphatic rings. The highest BCUT2D eigenvalue weighted by Crippen LogP contribution is 2.20. The Morgan fingerprint density at radius 3 is 2.65 bits per heavy atom. The number of fused-ring (bicyclic) bond motifs is 1. The molecule has 5 heteroatoms. The number of carbonyl (C=O) groups is 1. The van der Waals surface area contributed by atoms with Gasteiger partial charge in [0.2, 0.25) is 5.91 Å². The molecule has 108 valence electrons. The zero-order valence-electron chi connectivity index (χ0n) is 11.3. The highest BCUT2D eigenvalue weighted by Gasteiger charge is 2.05. The lowest BCUT2D eigenvalue weighted by atomic mass is 10.1. The summed E-state index contributed by atoms with van der Waals surface area (Å²) in [7, 11) is 0. The van der Waals surface area contributed by atoms with E-state index in [0.29, 0.717) is 13.2 Å². The summed E-state index contributed by atoms with van der Waals surface area (Å²) >= 11 is 0. The van der Waals surface area contributed by atoms with Gasteiger partial charge in [-0.2, -0.15) is 0 Å². The van der Waals surface area contributed by atoms with Crippen LogP contribution in [0.3, 0.4) is 0 Å². The quantitative estimate of drug-likeness (QED) is 0.830. The molecule has 1 atom stereocenters. The van der Waals surface area contributed by atoms with Gasteiger partial charge in [0.1, 0.15) is 12.4 Å². The van der Waals surface area contributed by atoms with Gasteiger partial charge in [0, 0.05) is 0 Å². The van der Waals surface area contributed by atoms with E-state index >= 15 is 0 Å². The highest BCUT2D eigenvalue weighted by molar-refractivity contribution is 5.85. The maximum Gasteiger partial charge on any atom is 0.236 e. The number of nitrogens with two attached hydrogens (primary N) is 1. The summed E-state index contributed by atoms with van der Waals surface area (Å²) in [6, 6.07) is 13.5. The number of hydrogen-bond acceptors (Lipinski definition) is 3. The summed E-state index contributed by atoms with van der Waals surface area (Å²) in [5.74, 6) is 0.635. The van der Waals surface area contributed by atoms with E-state index in [9.17, 15) is 4.79 Å². The van der Waals surface area contributed by atoms with E-state index in [1.807, 2.05) is 36.4 Å². The predicted molar refractivity (Wildman–Crippen MR) is 83.4 cm³/mol. The Labute approximate surface area is 124 Å². The van der Waals surface area contributed by atoms with Crippen LogP contribution in [0.25, 0.3) is 10.8 Å². The molecule has 0 heterocycles. The maximum atomic E-state index is 11.2. The van der Waals surface area contributed by atoms with Crippen molar-refractivity contribution in [1.29, 1.82) is 0 Å². The summed E-state index contributed by atoms with van der Waals surface area (Å²) in [5.41, 5.74) is 5.44. The van der Waals surface area contributed by atoms with E-state index in [0.717, 1.165) is 11.1 Å². The number of rotatable bonds is 5. The van der Waals surface area contributed by atoms with Gasteiger partial charge >= 0.3 is 0 Å². The average molecular weight is 295 g/mol. The van der Waals surface area contributed by atoms with Crippen LogP contribution >= 0.6 is 12.4 Å². The van der Waals surface area contributed by atoms with Gasteiger partial charge < -0.3 is 15.8 Å². The number of ether oxygens (including phenoxy) is 1. The van der Waals surface area contributed by atoms with E-state index in [4.69, 9.17) is 10.5 Å². The van der Waals surface area contributed by atoms with Crippen molar-refractivity contribution >= 4 is 29.1 Å². The molecule has 0 fully saturated rings. The molecule has 2 aromatic rings.